The Morgan fingerprint density at radius 2 is 1.20 bits per heavy atom. The van der Waals surface area contributed by atoms with Crippen molar-refractivity contribution in [1.29, 1.82) is 0 Å². The molecular weight excluding hydrogens is 497 g/mol. The summed E-state index contributed by atoms with van der Waals surface area (Å²) in [4.78, 5) is 11.9. The second kappa shape index (κ2) is 13.4. The number of hydrogen-bond donors (Lipinski definition) is 2. The maximum atomic E-state index is 11.9. The highest BCUT2D eigenvalue weighted by Crippen LogP contribution is 2.46. The van der Waals surface area contributed by atoms with Gasteiger partial charge < -0.3 is 23.8 Å². The van der Waals surface area contributed by atoms with Crippen molar-refractivity contribution in [3.8, 4) is 0 Å². The van der Waals surface area contributed by atoms with Crippen LogP contribution in [0, 0.1) is 0 Å². The zero-order chi connectivity index (χ0) is 27.5. The first kappa shape index (κ1) is 33.3. The van der Waals surface area contributed by atoms with Crippen LogP contribution in [-0.4, -0.2) is 68.4 Å². The molecule has 0 aromatic carbocycles. The summed E-state index contributed by atoms with van der Waals surface area (Å²) in [6, 6.07) is 0. The normalized spacial score (nSPS) is 26.7. The summed E-state index contributed by atoms with van der Waals surface area (Å²) in [5.74, 6) is 0. The molecule has 1 aliphatic heterocycles. The van der Waals surface area contributed by atoms with Crippen molar-refractivity contribution in [2.45, 2.75) is 153 Å². The van der Waals surface area contributed by atoms with Gasteiger partial charge in [-0.3, -0.25) is 4.79 Å². The zero-order valence-electron chi connectivity index (χ0n) is 24.5. The molecule has 0 spiro atoms. The third-order valence-corrected chi connectivity index (χ3v) is 21.5. The van der Waals surface area contributed by atoms with Crippen molar-refractivity contribution in [3.63, 3.8) is 0 Å². The van der Waals surface area contributed by atoms with Crippen LogP contribution in [0.1, 0.15) is 90.0 Å². The topological polar surface area (TPSA) is 85.2 Å². The third-order valence-electron chi connectivity index (χ3n) is 8.19. The quantitative estimate of drug-likeness (QED) is 0.270. The van der Waals surface area contributed by atoms with Gasteiger partial charge in [0.2, 0.25) is 8.32 Å². The number of carbonyl (C=O) groups excluding carboxylic acids is 1. The van der Waals surface area contributed by atoms with E-state index >= 15 is 0 Å². The van der Waals surface area contributed by atoms with E-state index in [1.165, 1.54) is 6.92 Å². The average molecular weight is 551 g/mol. The lowest BCUT2D eigenvalue weighted by Crippen LogP contribution is -2.64. The van der Waals surface area contributed by atoms with Crippen LogP contribution < -0.4 is 0 Å². The van der Waals surface area contributed by atoms with E-state index < -0.39 is 46.5 Å². The molecule has 1 rings (SSSR count). The van der Waals surface area contributed by atoms with Gasteiger partial charge >= 0.3 is 0 Å². The number of ether oxygens (including phenoxy) is 1. The minimum Gasteiger partial charge on any atom is -0.413 e. The van der Waals surface area contributed by atoms with Gasteiger partial charge in [-0.2, -0.15) is 0 Å². The lowest BCUT2D eigenvalue weighted by molar-refractivity contribution is -0.230. The minimum absolute atomic E-state index is 0.170. The van der Waals surface area contributed by atoms with Gasteiger partial charge in [0.1, 0.15) is 12.2 Å². The summed E-state index contributed by atoms with van der Waals surface area (Å²) in [5.41, 5.74) is 2.15. The van der Waals surface area contributed by atoms with Gasteiger partial charge in [-0.1, -0.05) is 94.8 Å². The number of carbonyl (C=O) groups is 1. The highest BCUT2D eigenvalue weighted by Gasteiger charge is 2.54. The minimum atomic E-state index is -2.39. The van der Waals surface area contributed by atoms with Gasteiger partial charge in [0.25, 0.3) is 0 Å². The Hall–Kier alpha value is 0.254. The SMILES string of the molecule is CC(=O)S[C@@H]1C(O)O[C@@H](CO[Si](C(C)C)(C(C)C)C(C)C)[C@H](O[Si](C(C)C)(C(C)C)C(C)C)[C@@H]1O. The van der Waals surface area contributed by atoms with E-state index in [1.54, 1.807) is 0 Å². The standard InChI is InChI=1S/C26H54O6SSi2/c1-15(2)34(16(3)4,17(5)6)30-14-22-24(23(28)25(26(29)31-22)33-21(13)27)32-35(18(7)8,19(9)10)20(11)12/h15-20,22-26,28-29H,14H2,1-13H3/t22-,23-,24-,25-,26?/m0/s1. The summed E-state index contributed by atoms with van der Waals surface area (Å²) in [6.45, 7) is 28.4. The van der Waals surface area contributed by atoms with Gasteiger partial charge in [-0.15, -0.1) is 0 Å². The lowest BCUT2D eigenvalue weighted by atomic mass is 10.0. The number of rotatable bonds is 12. The molecule has 6 nitrogen and oxygen atoms in total. The fourth-order valence-corrected chi connectivity index (χ4v) is 18.8. The molecule has 0 radical (unpaired) electrons. The van der Waals surface area contributed by atoms with Gasteiger partial charge in [0.05, 0.1) is 18.0 Å². The third kappa shape index (κ3) is 7.02. The average Bonchev–Trinajstić information content (AvgIpc) is 2.69. The molecule has 0 saturated carbocycles. The number of aliphatic hydroxyl groups is 2. The van der Waals surface area contributed by atoms with Gasteiger partial charge in [-0.25, -0.2) is 0 Å². The highest BCUT2D eigenvalue weighted by atomic mass is 32.2. The van der Waals surface area contributed by atoms with E-state index in [9.17, 15) is 15.0 Å². The summed E-state index contributed by atoms with van der Waals surface area (Å²) in [5, 5.41) is 21.4. The molecule has 0 aromatic rings. The Bertz CT molecular complexity index is 627. The van der Waals surface area contributed by atoms with Crippen LogP contribution in [0.5, 0.6) is 0 Å². The van der Waals surface area contributed by atoms with Crippen LogP contribution in [0.2, 0.25) is 33.2 Å². The molecule has 9 heteroatoms. The van der Waals surface area contributed by atoms with Crippen molar-refractivity contribution >= 4 is 33.5 Å². The van der Waals surface area contributed by atoms with E-state index in [0.29, 0.717) is 33.2 Å². The molecule has 2 N–H and O–H groups in total. The first-order chi connectivity index (χ1) is 16.0. The van der Waals surface area contributed by atoms with Gasteiger partial charge in [0, 0.05) is 6.92 Å². The van der Waals surface area contributed by atoms with Crippen molar-refractivity contribution in [2.24, 2.45) is 0 Å². The number of hydrogen-bond acceptors (Lipinski definition) is 7. The Morgan fingerprint density at radius 1 is 0.800 bits per heavy atom. The Kier molecular flexibility index (Phi) is 12.7. The predicted octanol–water partition coefficient (Wildman–Crippen LogP) is 6.47. The predicted molar refractivity (Wildman–Crippen MR) is 152 cm³/mol. The van der Waals surface area contributed by atoms with E-state index in [0.717, 1.165) is 11.8 Å². The highest BCUT2D eigenvalue weighted by molar-refractivity contribution is 8.14. The molecular formula is C26H54O6SSi2. The van der Waals surface area contributed by atoms with Crippen LogP contribution in [0.15, 0.2) is 0 Å². The molecule has 1 aliphatic rings. The van der Waals surface area contributed by atoms with E-state index in [-0.39, 0.29) is 11.7 Å². The second-order valence-corrected chi connectivity index (χ2v) is 24.4. The molecule has 1 heterocycles. The van der Waals surface area contributed by atoms with Crippen molar-refractivity contribution < 1.29 is 28.6 Å². The smallest absolute Gasteiger partial charge is 0.201 e. The molecule has 0 amide bonds. The van der Waals surface area contributed by atoms with Gasteiger partial charge in [-0.05, 0) is 33.2 Å². The largest absolute Gasteiger partial charge is 0.413 e. The Labute approximate surface area is 221 Å². The Balaban J connectivity index is 3.48. The monoisotopic (exact) mass is 550 g/mol. The van der Waals surface area contributed by atoms with Crippen molar-refractivity contribution in [2.75, 3.05) is 6.61 Å². The van der Waals surface area contributed by atoms with Crippen molar-refractivity contribution in [3.05, 3.63) is 0 Å². The number of aliphatic hydroxyl groups excluding tert-OH is 2. The fourth-order valence-electron chi connectivity index (χ4n) is 6.88. The molecule has 1 saturated heterocycles. The molecule has 5 atom stereocenters. The van der Waals surface area contributed by atoms with Crippen LogP contribution in [-0.2, 0) is 18.4 Å². The first-order valence-electron chi connectivity index (χ1n) is 13.5. The molecule has 0 aromatic heterocycles. The van der Waals surface area contributed by atoms with E-state index in [2.05, 4.69) is 83.1 Å². The van der Waals surface area contributed by atoms with E-state index in [1.807, 2.05) is 0 Å². The number of thioether (sulfide) groups is 1. The van der Waals surface area contributed by atoms with Gasteiger partial charge in [0.15, 0.2) is 19.7 Å². The summed E-state index contributed by atoms with van der Waals surface area (Å²) < 4.78 is 20.0. The fraction of sp³-hybridized carbons (Fsp3) is 0.962. The van der Waals surface area contributed by atoms with Crippen LogP contribution >= 0.6 is 11.8 Å². The molecule has 1 fully saturated rings. The molecule has 1 unspecified atom stereocenters. The van der Waals surface area contributed by atoms with Crippen molar-refractivity contribution in [1.82, 2.24) is 0 Å². The second-order valence-electron chi connectivity index (χ2n) is 12.2. The first-order valence-corrected chi connectivity index (χ1v) is 18.6. The molecule has 0 bridgehead atoms. The van der Waals surface area contributed by atoms with Crippen LogP contribution in [0.4, 0.5) is 0 Å². The van der Waals surface area contributed by atoms with Crippen LogP contribution in [0.3, 0.4) is 0 Å². The maximum absolute atomic E-state index is 11.9. The van der Waals surface area contributed by atoms with E-state index in [4.69, 9.17) is 13.6 Å². The molecule has 208 valence electrons. The molecule has 0 aliphatic carbocycles. The summed E-state index contributed by atoms with van der Waals surface area (Å²) in [6.07, 6.45) is -3.60. The maximum Gasteiger partial charge on any atom is 0.201 e. The van der Waals surface area contributed by atoms with Crippen LogP contribution in [0.25, 0.3) is 0 Å². The molecule has 35 heavy (non-hydrogen) atoms. The summed E-state index contributed by atoms with van der Waals surface area (Å²) >= 11 is 0.926. The Morgan fingerprint density at radius 3 is 1.54 bits per heavy atom. The lowest BCUT2D eigenvalue weighted by Gasteiger charge is -2.51. The zero-order valence-corrected chi connectivity index (χ0v) is 27.3. The summed E-state index contributed by atoms with van der Waals surface area (Å²) in [7, 11) is -4.59.